The standard InChI is InChI=1S/C15H14F3N3O5S/c1-9(13(22)19-20-14(23)11-6-4-8-26-11)21-27(24,25)12-7-3-2-5-10(12)15(16,17)18/h2-9,21H,1H3,(H,19,22)(H,20,23)/t9-/m0/s1. The summed E-state index contributed by atoms with van der Waals surface area (Å²) in [6.45, 7) is 1.10. The van der Waals surface area contributed by atoms with Crippen LogP contribution >= 0.6 is 0 Å². The Morgan fingerprint density at radius 1 is 1.07 bits per heavy atom. The van der Waals surface area contributed by atoms with Crippen LogP contribution in [0.25, 0.3) is 0 Å². The van der Waals surface area contributed by atoms with E-state index in [1.807, 2.05) is 15.6 Å². The van der Waals surface area contributed by atoms with Crippen molar-refractivity contribution in [3.05, 3.63) is 54.0 Å². The second kappa shape index (κ2) is 7.80. The van der Waals surface area contributed by atoms with E-state index in [1.165, 1.54) is 18.4 Å². The van der Waals surface area contributed by atoms with Crippen LogP contribution in [0.3, 0.4) is 0 Å². The summed E-state index contributed by atoms with van der Waals surface area (Å²) in [7, 11) is -4.66. The van der Waals surface area contributed by atoms with E-state index in [2.05, 4.69) is 0 Å². The number of hydrogen-bond donors (Lipinski definition) is 3. The minimum atomic E-state index is -4.89. The van der Waals surface area contributed by atoms with Crippen LogP contribution in [0, 0.1) is 0 Å². The maximum absolute atomic E-state index is 13.0. The van der Waals surface area contributed by atoms with Crippen molar-refractivity contribution in [2.75, 3.05) is 0 Å². The molecule has 1 heterocycles. The quantitative estimate of drug-likeness (QED) is 0.651. The zero-order chi connectivity index (χ0) is 20.2. The maximum atomic E-state index is 13.0. The van der Waals surface area contributed by atoms with Crippen LogP contribution in [0.1, 0.15) is 23.0 Å². The van der Waals surface area contributed by atoms with Crippen LogP contribution in [0.5, 0.6) is 0 Å². The van der Waals surface area contributed by atoms with Gasteiger partial charge < -0.3 is 4.42 Å². The van der Waals surface area contributed by atoms with Gasteiger partial charge in [-0.25, -0.2) is 8.42 Å². The lowest BCUT2D eigenvalue weighted by molar-refractivity contribution is -0.139. The summed E-state index contributed by atoms with van der Waals surface area (Å²) in [6, 6.07) is 4.83. The normalized spacial score (nSPS) is 13.0. The number of hydrazine groups is 1. The highest BCUT2D eigenvalue weighted by Crippen LogP contribution is 2.33. The predicted molar refractivity (Wildman–Crippen MR) is 85.5 cm³/mol. The molecule has 0 aliphatic heterocycles. The summed E-state index contributed by atoms with van der Waals surface area (Å²) in [5.74, 6) is -1.91. The minimum absolute atomic E-state index is 0.109. The fraction of sp³-hybridized carbons (Fsp3) is 0.200. The lowest BCUT2D eigenvalue weighted by Crippen LogP contribution is -2.51. The second-order valence-electron chi connectivity index (χ2n) is 5.26. The molecule has 1 aromatic carbocycles. The summed E-state index contributed by atoms with van der Waals surface area (Å²) in [5.41, 5.74) is 2.56. The second-order valence-corrected chi connectivity index (χ2v) is 6.94. The van der Waals surface area contributed by atoms with Gasteiger partial charge >= 0.3 is 12.1 Å². The number of furan rings is 1. The van der Waals surface area contributed by atoms with E-state index in [0.29, 0.717) is 6.07 Å². The molecule has 0 aliphatic rings. The highest BCUT2D eigenvalue weighted by atomic mass is 32.2. The average molecular weight is 405 g/mol. The Hall–Kier alpha value is -2.86. The first kappa shape index (κ1) is 20.5. The predicted octanol–water partition coefficient (Wildman–Crippen LogP) is 1.43. The molecule has 12 heteroatoms. The van der Waals surface area contributed by atoms with Gasteiger partial charge in [0.2, 0.25) is 10.0 Å². The fourth-order valence-electron chi connectivity index (χ4n) is 1.98. The molecule has 0 bridgehead atoms. The molecule has 0 fully saturated rings. The van der Waals surface area contributed by atoms with E-state index in [1.54, 1.807) is 0 Å². The van der Waals surface area contributed by atoms with Crippen molar-refractivity contribution in [3.8, 4) is 0 Å². The fourth-order valence-corrected chi connectivity index (χ4v) is 3.41. The van der Waals surface area contributed by atoms with Gasteiger partial charge in [0.15, 0.2) is 5.76 Å². The molecule has 1 atom stereocenters. The molecule has 0 radical (unpaired) electrons. The molecule has 3 N–H and O–H groups in total. The van der Waals surface area contributed by atoms with Crippen molar-refractivity contribution in [1.29, 1.82) is 0 Å². The topological polar surface area (TPSA) is 118 Å². The third-order valence-corrected chi connectivity index (χ3v) is 4.85. The third-order valence-electron chi connectivity index (χ3n) is 3.25. The lowest BCUT2D eigenvalue weighted by Gasteiger charge is -2.17. The van der Waals surface area contributed by atoms with Gasteiger partial charge in [-0.3, -0.25) is 20.4 Å². The van der Waals surface area contributed by atoms with Gasteiger partial charge in [0.05, 0.1) is 22.8 Å². The number of amides is 2. The van der Waals surface area contributed by atoms with Crippen molar-refractivity contribution in [2.45, 2.75) is 24.0 Å². The number of hydrogen-bond acceptors (Lipinski definition) is 5. The van der Waals surface area contributed by atoms with E-state index < -0.39 is 44.5 Å². The van der Waals surface area contributed by atoms with Gasteiger partial charge in [0.1, 0.15) is 0 Å². The first-order chi connectivity index (χ1) is 12.5. The Bertz CT molecular complexity index is 926. The molecule has 0 aliphatic carbocycles. The molecule has 0 unspecified atom stereocenters. The van der Waals surface area contributed by atoms with E-state index >= 15 is 0 Å². The number of carbonyl (C=O) groups excluding carboxylic acids is 2. The van der Waals surface area contributed by atoms with Gasteiger partial charge in [0.25, 0.3) is 5.91 Å². The molecule has 8 nitrogen and oxygen atoms in total. The summed E-state index contributed by atoms with van der Waals surface area (Å²) >= 11 is 0. The van der Waals surface area contributed by atoms with Crippen molar-refractivity contribution in [3.63, 3.8) is 0 Å². The molecular weight excluding hydrogens is 391 g/mol. The number of halogens is 3. The van der Waals surface area contributed by atoms with E-state index in [9.17, 15) is 31.2 Å². The Kier molecular flexibility index (Phi) is 5.91. The largest absolute Gasteiger partial charge is 0.459 e. The van der Waals surface area contributed by atoms with Crippen LogP contribution in [0.15, 0.2) is 52.0 Å². The van der Waals surface area contributed by atoms with Gasteiger partial charge in [-0.05, 0) is 31.2 Å². The smallest absolute Gasteiger partial charge is 0.417 e. The first-order valence-electron chi connectivity index (χ1n) is 7.34. The molecule has 0 saturated heterocycles. The number of rotatable bonds is 5. The van der Waals surface area contributed by atoms with Gasteiger partial charge in [0, 0.05) is 0 Å². The number of alkyl halides is 3. The third kappa shape index (κ3) is 5.08. The van der Waals surface area contributed by atoms with Gasteiger partial charge in [-0.15, -0.1) is 0 Å². The van der Waals surface area contributed by atoms with Crippen LogP contribution in [-0.4, -0.2) is 26.3 Å². The highest BCUT2D eigenvalue weighted by molar-refractivity contribution is 7.89. The Labute approximate surface area is 151 Å². The number of sulfonamides is 1. The SMILES string of the molecule is C[C@H](NS(=O)(=O)c1ccccc1C(F)(F)F)C(=O)NNC(=O)c1ccco1. The van der Waals surface area contributed by atoms with Gasteiger partial charge in [-0.1, -0.05) is 12.1 Å². The molecule has 0 spiro atoms. The molecule has 2 rings (SSSR count). The summed E-state index contributed by atoms with van der Waals surface area (Å²) < 4.78 is 70.1. The molecular formula is C15H14F3N3O5S. The van der Waals surface area contributed by atoms with Crippen LogP contribution in [0.2, 0.25) is 0 Å². The molecule has 0 saturated carbocycles. The van der Waals surface area contributed by atoms with E-state index in [-0.39, 0.29) is 5.76 Å². The molecule has 2 amide bonds. The summed E-state index contributed by atoms with van der Waals surface area (Å²) in [6.07, 6.45) is -3.67. The number of benzene rings is 1. The molecule has 146 valence electrons. The Balaban J connectivity index is 2.07. The Morgan fingerprint density at radius 2 is 1.74 bits per heavy atom. The Morgan fingerprint density at radius 3 is 2.33 bits per heavy atom. The lowest BCUT2D eigenvalue weighted by atomic mass is 10.2. The highest BCUT2D eigenvalue weighted by Gasteiger charge is 2.37. The molecule has 27 heavy (non-hydrogen) atoms. The number of carbonyl (C=O) groups is 2. The van der Waals surface area contributed by atoms with Crippen molar-refractivity contribution in [1.82, 2.24) is 15.6 Å². The van der Waals surface area contributed by atoms with Crippen molar-refractivity contribution in [2.24, 2.45) is 0 Å². The summed E-state index contributed by atoms with van der Waals surface area (Å²) in [5, 5.41) is 0. The zero-order valence-electron chi connectivity index (χ0n) is 13.7. The van der Waals surface area contributed by atoms with Crippen LogP contribution < -0.4 is 15.6 Å². The number of nitrogens with one attached hydrogen (secondary N) is 3. The first-order valence-corrected chi connectivity index (χ1v) is 8.83. The zero-order valence-corrected chi connectivity index (χ0v) is 14.5. The monoisotopic (exact) mass is 405 g/mol. The summed E-state index contributed by atoms with van der Waals surface area (Å²) in [4.78, 5) is 22.5. The van der Waals surface area contributed by atoms with E-state index in [0.717, 1.165) is 25.1 Å². The average Bonchev–Trinajstić information content (AvgIpc) is 3.13. The molecule has 1 aromatic heterocycles. The van der Waals surface area contributed by atoms with Crippen molar-refractivity contribution < 1.29 is 35.6 Å². The van der Waals surface area contributed by atoms with Crippen LogP contribution in [-0.2, 0) is 21.0 Å². The van der Waals surface area contributed by atoms with E-state index in [4.69, 9.17) is 4.42 Å². The minimum Gasteiger partial charge on any atom is -0.459 e. The molecule has 2 aromatic rings. The van der Waals surface area contributed by atoms with Gasteiger partial charge in [-0.2, -0.15) is 17.9 Å². The van der Waals surface area contributed by atoms with Crippen LogP contribution in [0.4, 0.5) is 13.2 Å². The van der Waals surface area contributed by atoms with Crippen molar-refractivity contribution >= 4 is 21.8 Å². The maximum Gasteiger partial charge on any atom is 0.417 e.